The maximum absolute atomic E-state index is 12.2. The predicted octanol–water partition coefficient (Wildman–Crippen LogP) is 3.96. The van der Waals surface area contributed by atoms with E-state index in [9.17, 15) is 4.79 Å². The van der Waals surface area contributed by atoms with E-state index in [1.807, 2.05) is 38.1 Å². The molecule has 5 nitrogen and oxygen atoms in total. The van der Waals surface area contributed by atoms with Crippen LogP contribution in [-0.2, 0) is 16.1 Å². The van der Waals surface area contributed by atoms with Crippen LogP contribution in [0.15, 0.2) is 51.9 Å². The molecule has 1 amide bonds. The molecule has 1 aliphatic heterocycles. The van der Waals surface area contributed by atoms with Crippen molar-refractivity contribution in [1.82, 2.24) is 5.32 Å². The number of aryl methyl sites for hydroxylation is 1. The highest BCUT2D eigenvalue weighted by molar-refractivity contribution is 5.79. The lowest BCUT2D eigenvalue weighted by Gasteiger charge is -2.21. The highest BCUT2D eigenvalue weighted by Gasteiger charge is 2.21. The van der Waals surface area contributed by atoms with Gasteiger partial charge in [-0.15, -0.1) is 0 Å². The van der Waals surface area contributed by atoms with Crippen molar-refractivity contribution < 1.29 is 9.53 Å². The van der Waals surface area contributed by atoms with Crippen LogP contribution >= 0.6 is 0 Å². The largest absolute Gasteiger partial charge is 0.501 e. The summed E-state index contributed by atoms with van der Waals surface area (Å²) in [5, 5.41) is 11.3. The van der Waals surface area contributed by atoms with Crippen LogP contribution in [0.25, 0.3) is 0 Å². The molecular weight excluding hydrogens is 290 g/mol. The Hall–Kier alpha value is -2.43. The predicted molar refractivity (Wildman–Crippen MR) is 89.8 cm³/mol. The third-order valence-corrected chi connectivity index (χ3v) is 3.83. The summed E-state index contributed by atoms with van der Waals surface area (Å²) in [6, 6.07) is 6.03. The van der Waals surface area contributed by atoms with Gasteiger partial charge in [0.2, 0.25) is 5.91 Å². The number of benzene rings is 1. The number of hydrogen-bond donors (Lipinski definition) is 1. The van der Waals surface area contributed by atoms with E-state index in [1.165, 1.54) is 5.56 Å². The highest BCUT2D eigenvalue weighted by atomic mass is 16.5. The number of allylic oxidation sites excluding steroid dienone is 3. The van der Waals surface area contributed by atoms with E-state index >= 15 is 0 Å². The van der Waals surface area contributed by atoms with E-state index in [-0.39, 0.29) is 5.91 Å². The summed E-state index contributed by atoms with van der Waals surface area (Å²) in [5.41, 5.74) is 4.32. The molecule has 0 fully saturated rings. The molecule has 2 rings (SSSR count). The molecule has 1 aromatic carbocycles. The number of amides is 1. The number of fused-ring (bicyclic) bond motifs is 1. The van der Waals surface area contributed by atoms with Crippen molar-refractivity contribution in [2.45, 2.75) is 39.9 Å². The second-order valence-corrected chi connectivity index (χ2v) is 5.70. The standard InChI is InChI=1S/C18H23N3O2/c1-12(8-9-14(3)23-4)10-17(22)20-18-15-7-5-6-13(2)16(15)11-19-21-18/h5-9,18H,10-11H2,1-4H3,(H,20,22)/b12-8+,14-9?. The molecule has 0 spiro atoms. The highest BCUT2D eigenvalue weighted by Crippen LogP contribution is 2.27. The number of carbonyl (C=O) groups excluding carboxylic acids is 1. The van der Waals surface area contributed by atoms with Crippen molar-refractivity contribution in [2.24, 2.45) is 10.2 Å². The number of methoxy groups -OCH3 is 1. The number of hydrogen-bond acceptors (Lipinski definition) is 4. The zero-order valence-electron chi connectivity index (χ0n) is 14.1. The van der Waals surface area contributed by atoms with E-state index in [2.05, 4.69) is 28.5 Å². The number of carbonyl (C=O) groups is 1. The van der Waals surface area contributed by atoms with Crippen molar-refractivity contribution in [3.63, 3.8) is 0 Å². The Balaban J connectivity index is 2.03. The Morgan fingerprint density at radius 2 is 2.17 bits per heavy atom. The Morgan fingerprint density at radius 1 is 1.39 bits per heavy atom. The molecule has 0 radical (unpaired) electrons. The van der Waals surface area contributed by atoms with Crippen LogP contribution in [0.1, 0.15) is 43.1 Å². The van der Waals surface area contributed by atoms with E-state index in [4.69, 9.17) is 4.74 Å². The van der Waals surface area contributed by atoms with Crippen molar-refractivity contribution >= 4 is 5.91 Å². The van der Waals surface area contributed by atoms with Gasteiger partial charge in [-0.25, -0.2) is 0 Å². The van der Waals surface area contributed by atoms with Gasteiger partial charge in [0.15, 0.2) is 6.17 Å². The quantitative estimate of drug-likeness (QED) is 0.660. The maximum atomic E-state index is 12.2. The first kappa shape index (κ1) is 16.9. The summed E-state index contributed by atoms with van der Waals surface area (Å²) >= 11 is 0. The molecule has 0 saturated heterocycles. The lowest BCUT2D eigenvalue weighted by Crippen LogP contribution is -2.29. The van der Waals surface area contributed by atoms with Gasteiger partial charge in [0.25, 0.3) is 0 Å². The van der Waals surface area contributed by atoms with Crippen LogP contribution in [0, 0.1) is 6.92 Å². The second-order valence-electron chi connectivity index (χ2n) is 5.70. The topological polar surface area (TPSA) is 63.0 Å². The van der Waals surface area contributed by atoms with Crippen LogP contribution in [0.4, 0.5) is 0 Å². The van der Waals surface area contributed by atoms with Gasteiger partial charge in [0.05, 0.1) is 19.4 Å². The molecule has 0 aliphatic carbocycles. The number of rotatable bonds is 5. The number of azo groups is 1. The van der Waals surface area contributed by atoms with Gasteiger partial charge in [0.1, 0.15) is 0 Å². The number of nitrogens with one attached hydrogen (secondary N) is 1. The van der Waals surface area contributed by atoms with Crippen molar-refractivity contribution in [2.75, 3.05) is 7.11 Å². The summed E-state index contributed by atoms with van der Waals surface area (Å²) in [6.45, 7) is 6.41. The third-order valence-electron chi connectivity index (χ3n) is 3.83. The average Bonchev–Trinajstić information content (AvgIpc) is 2.53. The zero-order valence-corrected chi connectivity index (χ0v) is 14.1. The van der Waals surface area contributed by atoms with E-state index in [0.29, 0.717) is 13.0 Å². The lowest BCUT2D eigenvalue weighted by atomic mass is 9.99. The van der Waals surface area contributed by atoms with Gasteiger partial charge in [-0.3, -0.25) is 4.79 Å². The number of nitrogens with zero attached hydrogens (tertiary/aromatic N) is 2. The molecule has 122 valence electrons. The first-order valence-corrected chi connectivity index (χ1v) is 7.63. The van der Waals surface area contributed by atoms with E-state index in [1.54, 1.807) is 7.11 Å². The smallest absolute Gasteiger partial charge is 0.226 e. The van der Waals surface area contributed by atoms with Crippen molar-refractivity contribution in [3.05, 3.63) is 58.4 Å². The minimum atomic E-state index is -0.393. The average molecular weight is 313 g/mol. The van der Waals surface area contributed by atoms with E-state index < -0.39 is 6.17 Å². The van der Waals surface area contributed by atoms with E-state index in [0.717, 1.165) is 22.5 Å². The zero-order chi connectivity index (χ0) is 16.8. The summed E-state index contributed by atoms with van der Waals surface area (Å²) in [4.78, 5) is 12.2. The first-order chi connectivity index (χ1) is 11.0. The van der Waals surface area contributed by atoms with Crippen molar-refractivity contribution in [1.29, 1.82) is 0 Å². The molecule has 0 saturated carbocycles. The molecular formula is C18H23N3O2. The molecule has 23 heavy (non-hydrogen) atoms. The molecule has 1 N–H and O–H groups in total. The van der Waals surface area contributed by atoms with Crippen LogP contribution in [-0.4, -0.2) is 13.0 Å². The Bertz CT molecular complexity index is 675. The van der Waals surface area contributed by atoms with Gasteiger partial charge >= 0.3 is 0 Å². The summed E-state index contributed by atoms with van der Waals surface area (Å²) in [6.07, 6.45) is 3.66. The monoisotopic (exact) mass is 313 g/mol. The summed E-state index contributed by atoms with van der Waals surface area (Å²) in [7, 11) is 1.62. The van der Waals surface area contributed by atoms with Gasteiger partial charge < -0.3 is 10.1 Å². The van der Waals surface area contributed by atoms with Crippen LogP contribution < -0.4 is 5.32 Å². The minimum Gasteiger partial charge on any atom is -0.501 e. The third kappa shape index (κ3) is 4.52. The fourth-order valence-electron chi connectivity index (χ4n) is 2.40. The summed E-state index contributed by atoms with van der Waals surface area (Å²) < 4.78 is 5.07. The SMILES string of the molecule is COC(C)=C/C=C(\C)CC(=O)NC1N=NCc2c(C)cccc21. The molecule has 0 bridgehead atoms. The second kappa shape index (κ2) is 7.72. The minimum absolute atomic E-state index is 0.0690. The molecule has 1 atom stereocenters. The van der Waals surface area contributed by atoms with Crippen LogP contribution in [0.5, 0.6) is 0 Å². The molecule has 1 heterocycles. The molecule has 1 unspecified atom stereocenters. The normalized spacial score (nSPS) is 17.7. The van der Waals surface area contributed by atoms with Crippen molar-refractivity contribution in [3.8, 4) is 0 Å². The molecule has 1 aromatic rings. The van der Waals surface area contributed by atoms with Crippen LogP contribution in [0.3, 0.4) is 0 Å². The molecule has 0 aromatic heterocycles. The molecule has 1 aliphatic rings. The first-order valence-electron chi connectivity index (χ1n) is 7.63. The Morgan fingerprint density at radius 3 is 2.91 bits per heavy atom. The van der Waals surface area contributed by atoms with Crippen LogP contribution in [0.2, 0.25) is 0 Å². The Labute approximate surface area is 137 Å². The van der Waals surface area contributed by atoms with Gasteiger partial charge in [-0.05, 0) is 38.0 Å². The number of ether oxygens (including phenoxy) is 1. The molecule has 5 heteroatoms. The fraction of sp³-hybridized carbons (Fsp3) is 0.389. The maximum Gasteiger partial charge on any atom is 0.226 e. The summed E-state index contributed by atoms with van der Waals surface area (Å²) in [5.74, 6) is 0.732. The fourth-order valence-corrected chi connectivity index (χ4v) is 2.40. The van der Waals surface area contributed by atoms with Gasteiger partial charge in [-0.2, -0.15) is 10.2 Å². The van der Waals surface area contributed by atoms with Gasteiger partial charge in [0, 0.05) is 12.0 Å². The Kier molecular flexibility index (Phi) is 5.68. The lowest BCUT2D eigenvalue weighted by molar-refractivity contribution is -0.121. The van der Waals surface area contributed by atoms with Gasteiger partial charge in [-0.1, -0.05) is 29.8 Å².